The van der Waals surface area contributed by atoms with Crippen molar-refractivity contribution in [3.05, 3.63) is 11.8 Å². The molecule has 3 heteroatoms. The van der Waals surface area contributed by atoms with Crippen molar-refractivity contribution in [1.82, 2.24) is 0 Å². The van der Waals surface area contributed by atoms with Gasteiger partial charge in [-0.2, -0.15) is 4.39 Å². The number of aliphatic imine (C=N–C) groups is 1. The third-order valence-corrected chi connectivity index (χ3v) is 1.29. The van der Waals surface area contributed by atoms with E-state index in [1.807, 2.05) is 13.8 Å². The van der Waals surface area contributed by atoms with Gasteiger partial charge < -0.3 is 5.73 Å². The van der Waals surface area contributed by atoms with E-state index in [0.29, 0.717) is 17.9 Å². The van der Waals surface area contributed by atoms with Crippen molar-refractivity contribution in [2.24, 2.45) is 16.6 Å². The Kier molecular flexibility index (Phi) is 4.50. The lowest BCUT2D eigenvalue weighted by Crippen LogP contribution is -2.02. The predicted molar refractivity (Wildman–Crippen MR) is 46.2 cm³/mol. The number of hydrogen-bond donors (Lipinski definition) is 1. The first-order chi connectivity index (χ1) is 5.11. The van der Waals surface area contributed by atoms with Crippen molar-refractivity contribution in [1.29, 1.82) is 0 Å². The van der Waals surface area contributed by atoms with Crippen molar-refractivity contribution in [3.63, 3.8) is 0 Å². The lowest BCUT2D eigenvalue weighted by atomic mass is 10.0. The number of rotatable bonds is 3. The normalized spacial score (nSPS) is 14.3. The molecule has 0 unspecified atom stereocenters. The average molecular weight is 158 g/mol. The van der Waals surface area contributed by atoms with Crippen molar-refractivity contribution in [2.75, 3.05) is 7.05 Å². The molecule has 0 bridgehead atoms. The van der Waals surface area contributed by atoms with Crippen LogP contribution in [0.15, 0.2) is 16.8 Å². The molecule has 0 fully saturated rings. The zero-order valence-corrected chi connectivity index (χ0v) is 7.26. The summed E-state index contributed by atoms with van der Waals surface area (Å²) < 4.78 is 12.8. The number of allylic oxidation sites excluding steroid dienone is 1. The summed E-state index contributed by atoms with van der Waals surface area (Å²) in [6.07, 6.45) is 1.92. The van der Waals surface area contributed by atoms with E-state index >= 15 is 0 Å². The number of nitrogens with two attached hydrogens (primary N) is 1. The van der Waals surface area contributed by atoms with Gasteiger partial charge in [-0.15, -0.1) is 0 Å². The fourth-order valence-corrected chi connectivity index (χ4v) is 0.804. The Labute approximate surface area is 67.0 Å². The van der Waals surface area contributed by atoms with Crippen LogP contribution in [0, 0.1) is 5.92 Å². The summed E-state index contributed by atoms with van der Waals surface area (Å²) in [6.45, 7) is 4.01. The Bertz CT molecular complexity index is 171. The molecule has 0 atom stereocenters. The molecule has 0 aromatic carbocycles. The van der Waals surface area contributed by atoms with Crippen LogP contribution in [0.2, 0.25) is 0 Å². The van der Waals surface area contributed by atoms with Crippen LogP contribution in [0.3, 0.4) is 0 Å². The Morgan fingerprint density at radius 3 is 2.45 bits per heavy atom. The summed E-state index contributed by atoms with van der Waals surface area (Å²) in [5.74, 6) is -0.0569. The second kappa shape index (κ2) is 4.88. The molecule has 64 valence electrons. The Morgan fingerprint density at radius 2 is 2.18 bits per heavy atom. The van der Waals surface area contributed by atoms with E-state index in [1.165, 1.54) is 13.2 Å². The predicted octanol–water partition coefficient (Wildman–Crippen LogP) is 1.87. The van der Waals surface area contributed by atoms with Crippen LogP contribution in [-0.4, -0.2) is 13.0 Å². The summed E-state index contributed by atoms with van der Waals surface area (Å²) in [5.41, 5.74) is 5.70. The van der Waals surface area contributed by atoms with Crippen LogP contribution >= 0.6 is 0 Å². The molecule has 0 saturated carbocycles. The highest BCUT2D eigenvalue weighted by molar-refractivity contribution is 5.92. The molecule has 0 spiro atoms. The fraction of sp³-hybridized carbons (Fsp3) is 0.625. The molecule has 0 heterocycles. The Balaban J connectivity index is 4.21. The van der Waals surface area contributed by atoms with Gasteiger partial charge in [0.2, 0.25) is 5.97 Å². The van der Waals surface area contributed by atoms with Crippen molar-refractivity contribution in [3.8, 4) is 0 Å². The van der Waals surface area contributed by atoms with E-state index in [9.17, 15) is 4.39 Å². The van der Waals surface area contributed by atoms with Gasteiger partial charge in [0.25, 0.3) is 0 Å². The van der Waals surface area contributed by atoms with Crippen molar-refractivity contribution >= 4 is 5.97 Å². The van der Waals surface area contributed by atoms with Gasteiger partial charge in [-0.25, -0.2) is 0 Å². The second-order valence-electron chi connectivity index (χ2n) is 2.80. The first-order valence-electron chi connectivity index (χ1n) is 3.65. The highest BCUT2D eigenvalue weighted by Gasteiger charge is 2.06. The summed E-state index contributed by atoms with van der Waals surface area (Å²) >= 11 is 0. The molecule has 0 saturated heterocycles. The van der Waals surface area contributed by atoms with Gasteiger partial charge in [-0.1, -0.05) is 13.8 Å². The van der Waals surface area contributed by atoms with Crippen LogP contribution in [0.5, 0.6) is 0 Å². The standard InChI is InChI=1S/C8H15FN2/c1-6(2)4-7(5-10)8(9)11-3/h5-6H,4,10H2,1-3H3/b7-5-,11-8?. The third-order valence-electron chi connectivity index (χ3n) is 1.29. The topological polar surface area (TPSA) is 38.4 Å². The van der Waals surface area contributed by atoms with E-state index in [1.54, 1.807) is 0 Å². The zero-order valence-electron chi connectivity index (χ0n) is 7.26. The van der Waals surface area contributed by atoms with Crippen LogP contribution in [0.1, 0.15) is 20.3 Å². The number of hydrogen-bond acceptors (Lipinski definition) is 2. The summed E-state index contributed by atoms with van der Waals surface area (Å²) in [5, 5.41) is 0. The Hall–Kier alpha value is -0.860. The van der Waals surface area contributed by atoms with Crippen LogP contribution < -0.4 is 5.73 Å². The third kappa shape index (κ3) is 3.75. The molecule has 0 radical (unpaired) electrons. The van der Waals surface area contributed by atoms with E-state index < -0.39 is 5.97 Å². The molecule has 11 heavy (non-hydrogen) atoms. The van der Waals surface area contributed by atoms with E-state index in [4.69, 9.17) is 5.73 Å². The first kappa shape index (κ1) is 10.1. The molecule has 2 N–H and O–H groups in total. The summed E-state index contributed by atoms with van der Waals surface area (Å²) in [6, 6.07) is 0. The van der Waals surface area contributed by atoms with Gasteiger partial charge in [-0.05, 0) is 12.3 Å². The van der Waals surface area contributed by atoms with Crippen LogP contribution in [0.4, 0.5) is 4.39 Å². The van der Waals surface area contributed by atoms with Gasteiger partial charge >= 0.3 is 0 Å². The molecule has 0 aromatic rings. The lowest BCUT2D eigenvalue weighted by Gasteiger charge is -2.05. The molecule has 0 aliphatic heterocycles. The van der Waals surface area contributed by atoms with Gasteiger partial charge in [0.15, 0.2) is 0 Å². The van der Waals surface area contributed by atoms with Gasteiger partial charge in [0.1, 0.15) is 0 Å². The minimum absolute atomic E-state index is 0.400. The highest BCUT2D eigenvalue weighted by atomic mass is 19.1. The zero-order chi connectivity index (χ0) is 8.85. The number of nitrogens with zero attached hydrogens (tertiary/aromatic N) is 1. The molecule has 0 aromatic heterocycles. The molecule has 0 aliphatic carbocycles. The van der Waals surface area contributed by atoms with E-state index in [-0.39, 0.29) is 0 Å². The van der Waals surface area contributed by atoms with Crippen molar-refractivity contribution in [2.45, 2.75) is 20.3 Å². The largest absolute Gasteiger partial charge is 0.404 e. The highest BCUT2D eigenvalue weighted by Crippen LogP contribution is 2.11. The van der Waals surface area contributed by atoms with Crippen molar-refractivity contribution < 1.29 is 4.39 Å². The smallest absolute Gasteiger partial charge is 0.212 e. The van der Waals surface area contributed by atoms with E-state index in [2.05, 4.69) is 4.99 Å². The van der Waals surface area contributed by atoms with Crippen LogP contribution in [0.25, 0.3) is 0 Å². The first-order valence-corrected chi connectivity index (χ1v) is 3.65. The van der Waals surface area contributed by atoms with Gasteiger partial charge in [0, 0.05) is 18.8 Å². The van der Waals surface area contributed by atoms with Gasteiger partial charge in [-0.3, -0.25) is 4.99 Å². The second-order valence-corrected chi connectivity index (χ2v) is 2.80. The van der Waals surface area contributed by atoms with Gasteiger partial charge in [0.05, 0.1) is 0 Å². The summed E-state index contributed by atoms with van der Waals surface area (Å²) in [4.78, 5) is 3.41. The average Bonchev–Trinajstić information content (AvgIpc) is 1.98. The SMILES string of the molecule is CN=C(F)/C(=C\N)CC(C)C. The molecular weight excluding hydrogens is 143 g/mol. The molecule has 0 rings (SSSR count). The lowest BCUT2D eigenvalue weighted by molar-refractivity contribution is 0.641. The minimum Gasteiger partial charge on any atom is -0.404 e. The minimum atomic E-state index is -0.457. The molecule has 0 amide bonds. The monoisotopic (exact) mass is 158 g/mol. The maximum absolute atomic E-state index is 12.8. The maximum atomic E-state index is 12.8. The fourth-order valence-electron chi connectivity index (χ4n) is 0.804. The summed E-state index contributed by atoms with van der Waals surface area (Å²) in [7, 11) is 1.42. The number of halogens is 1. The molecule has 0 aliphatic rings. The Morgan fingerprint density at radius 1 is 1.64 bits per heavy atom. The quantitative estimate of drug-likeness (QED) is 0.626. The molecular formula is C8H15FN2. The van der Waals surface area contributed by atoms with E-state index in [0.717, 1.165) is 0 Å². The molecule has 2 nitrogen and oxygen atoms in total. The maximum Gasteiger partial charge on any atom is 0.212 e. The van der Waals surface area contributed by atoms with Crippen LogP contribution in [-0.2, 0) is 0 Å².